The van der Waals surface area contributed by atoms with Crippen LogP contribution in [0.2, 0.25) is 5.02 Å². The van der Waals surface area contributed by atoms with Crippen LogP contribution >= 0.6 is 11.6 Å². The molecule has 0 fully saturated rings. The summed E-state index contributed by atoms with van der Waals surface area (Å²) >= 11 is 5.90. The largest absolute Gasteiger partial charge is 0.389 e. The summed E-state index contributed by atoms with van der Waals surface area (Å²) in [6.45, 7) is 2.88. The molecule has 0 saturated carbocycles. The van der Waals surface area contributed by atoms with E-state index in [4.69, 9.17) is 11.6 Å². The number of amides is 1. The number of nitrogens with one attached hydrogen (secondary N) is 1. The summed E-state index contributed by atoms with van der Waals surface area (Å²) in [5, 5.41) is 21.7. The first kappa shape index (κ1) is 16.0. The van der Waals surface area contributed by atoms with Crippen LogP contribution in [-0.4, -0.2) is 36.9 Å². The minimum absolute atomic E-state index is 0.0550. The molecule has 0 radical (unpaired) electrons. The van der Waals surface area contributed by atoms with Gasteiger partial charge in [-0.2, -0.15) is 9.78 Å². The molecule has 0 atom stereocenters. The van der Waals surface area contributed by atoms with E-state index in [1.807, 2.05) is 6.92 Å². The van der Waals surface area contributed by atoms with Crippen molar-refractivity contribution >= 4 is 23.3 Å². The molecule has 1 amide bonds. The van der Waals surface area contributed by atoms with E-state index in [0.717, 1.165) is 5.69 Å². The normalized spacial score (nSPS) is 10.6. The second kappa shape index (κ2) is 7.03. The summed E-state index contributed by atoms with van der Waals surface area (Å²) < 4.78 is 2.95. The Morgan fingerprint density at radius 1 is 1.45 bits per heavy atom. The molecule has 22 heavy (non-hydrogen) atoms. The summed E-state index contributed by atoms with van der Waals surface area (Å²) in [6, 6.07) is 1.25. The minimum Gasteiger partial charge on any atom is -0.358 e. The maximum absolute atomic E-state index is 11.7. The zero-order valence-electron chi connectivity index (χ0n) is 11.9. The third-order valence-electron chi connectivity index (χ3n) is 2.89. The Kier molecular flexibility index (Phi) is 5.10. The van der Waals surface area contributed by atoms with Gasteiger partial charge >= 0.3 is 5.82 Å². The number of carbonyl (C=O) groups excluding carboxylic acids is 1. The van der Waals surface area contributed by atoms with Gasteiger partial charge in [-0.1, -0.05) is 11.6 Å². The van der Waals surface area contributed by atoms with E-state index in [1.165, 1.54) is 16.9 Å². The molecule has 9 nitrogen and oxygen atoms in total. The van der Waals surface area contributed by atoms with Crippen molar-refractivity contribution in [2.75, 3.05) is 6.54 Å². The summed E-state index contributed by atoms with van der Waals surface area (Å²) in [5.41, 5.74) is 0.769. The molecular weight excluding hydrogens is 312 g/mol. The molecule has 0 aliphatic rings. The maximum Gasteiger partial charge on any atom is 0.389 e. The first-order chi connectivity index (χ1) is 10.5. The molecule has 2 aromatic heterocycles. The number of hydrogen-bond acceptors (Lipinski definition) is 5. The van der Waals surface area contributed by atoms with Gasteiger partial charge in [-0.05, 0) is 18.3 Å². The van der Waals surface area contributed by atoms with Crippen molar-refractivity contribution in [3.63, 3.8) is 0 Å². The molecule has 1 N–H and O–H groups in total. The monoisotopic (exact) mass is 326 g/mol. The lowest BCUT2D eigenvalue weighted by atomic mass is 10.4. The van der Waals surface area contributed by atoms with Gasteiger partial charge in [-0.3, -0.25) is 9.48 Å². The Labute approximate surface area is 131 Å². The lowest BCUT2D eigenvalue weighted by molar-refractivity contribution is -0.389. The zero-order chi connectivity index (χ0) is 16.1. The molecule has 0 saturated heterocycles. The highest BCUT2D eigenvalue weighted by molar-refractivity contribution is 6.31. The van der Waals surface area contributed by atoms with Crippen molar-refractivity contribution in [2.45, 2.75) is 26.4 Å². The Bertz CT molecular complexity index is 661. The molecule has 0 aromatic carbocycles. The van der Waals surface area contributed by atoms with Crippen molar-refractivity contribution in [3.8, 4) is 0 Å². The van der Waals surface area contributed by atoms with Gasteiger partial charge in [0, 0.05) is 19.3 Å². The fourth-order valence-corrected chi connectivity index (χ4v) is 1.97. The van der Waals surface area contributed by atoms with Crippen molar-refractivity contribution in [1.29, 1.82) is 0 Å². The van der Waals surface area contributed by atoms with Crippen molar-refractivity contribution < 1.29 is 9.72 Å². The number of halogens is 1. The van der Waals surface area contributed by atoms with Crippen LogP contribution in [0.15, 0.2) is 18.5 Å². The van der Waals surface area contributed by atoms with E-state index >= 15 is 0 Å². The van der Waals surface area contributed by atoms with Crippen molar-refractivity contribution in [3.05, 3.63) is 39.3 Å². The summed E-state index contributed by atoms with van der Waals surface area (Å²) in [6.07, 6.45) is 3.83. The van der Waals surface area contributed by atoms with E-state index < -0.39 is 4.92 Å². The van der Waals surface area contributed by atoms with Crippen molar-refractivity contribution in [1.82, 2.24) is 24.9 Å². The molecule has 0 aliphatic heterocycles. The molecule has 0 bridgehead atoms. The molecule has 2 aromatic rings. The molecule has 2 rings (SSSR count). The van der Waals surface area contributed by atoms with Gasteiger partial charge in [-0.25, -0.2) is 0 Å². The first-order valence-corrected chi connectivity index (χ1v) is 6.97. The minimum atomic E-state index is -0.606. The summed E-state index contributed by atoms with van der Waals surface area (Å²) in [7, 11) is 0. The van der Waals surface area contributed by atoms with E-state index in [2.05, 4.69) is 15.5 Å². The number of hydrogen-bond donors (Lipinski definition) is 1. The van der Waals surface area contributed by atoms with Crippen LogP contribution in [0.4, 0.5) is 5.82 Å². The lowest BCUT2D eigenvalue weighted by Gasteiger charge is -2.04. The average molecular weight is 327 g/mol. The first-order valence-electron chi connectivity index (χ1n) is 6.60. The maximum atomic E-state index is 11.7. The van der Waals surface area contributed by atoms with E-state index in [0.29, 0.717) is 24.5 Å². The van der Waals surface area contributed by atoms with Crippen LogP contribution in [0.5, 0.6) is 0 Å². The highest BCUT2D eigenvalue weighted by atomic mass is 35.5. The fraction of sp³-hybridized carbons (Fsp3) is 0.417. The number of nitrogens with zero attached hydrogens (tertiary/aromatic N) is 5. The van der Waals surface area contributed by atoms with Crippen LogP contribution in [0.1, 0.15) is 12.1 Å². The van der Waals surface area contributed by atoms with Crippen LogP contribution < -0.4 is 5.32 Å². The molecule has 0 spiro atoms. The highest BCUT2D eigenvalue weighted by Gasteiger charge is 2.13. The smallest absolute Gasteiger partial charge is 0.358 e. The topological polar surface area (TPSA) is 108 Å². The van der Waals surface area contributed by atoms with Crippen LogP contribution in [0.25, 0.3) is 0 Å². The third-order valence-corrected chi connectivity index (χ3v) is 3.26. The van der Waals surface area contributed by atoms with Gasteiger partial charge in [0.1, 0.15) is 6.54 Å². The highest BCUT2D eigenvalue weighted by Crippen LogP contribution is 2.11. The van der Waals surface area contributed by atoms with E-state index in [9.17, 15) is 14.9 Å². The van der Waals surface area contributed by atoms with Crippen LogP contribution in [-0.2, 0) is 17.9 Å². The SMILES string of the molecule is Cc1nn(CCCNC(=O)Cn2ccc([N+](=O)[O-])n2)cc1Cl. The predicted molar refractivity (Wildman–Crippen MR) is 78.5 cm³/mol. The quantitative estimate of drug-likeness (QED) is 0.466. The van der Waals surface area contributed by atoms with Crippen LogP contribution in [0.3, 0.4) is 0 Å². The number of carbonyl (C=O) groups is 1. The molecule has 2 heterocycles. The van der Waals surface area contributed by atoms with Crippen LogP contribution in [0, 0.1) is 17.0 Å². The molecule has 0 aliphatic carbocycles. The molecule has 0 unspecified atom stereocenters. The van der Waals surface area contributed by atoms with Gasteiger partial charge in [-0.15, -0.1) is 0 Å². The Balaban J connectivity index is 1.70. The Morgan fingerprint density at radius 3 is 2.82 bits per heavy atom. The average Bonchev–Trinajstić information content (AvgIpc) is 3.03. The van der Waals surface area contributed by atoms with Gasteiger partial charge < -0.3 is 15.4 Å². The fourth-order valence-electron chi connectivity index (χ4n) is 1.82. The molecule has 10 heteroatoms. The Morgan fingerprint density at radius 2 is 2.23 bits per heavy atom. The molecule has 118 valence electrons. The third kappa shape index (κ3) is 4.29. The van der Waals surface area contributed by atoms with E-state index in [1.54, 1.807) is 10.9 Å². The van der Waals surface area contributed by atoms with Gasteiger partial charge in [0.25, 0.3) is 0 Å². The number of aryl methyl sites for hydroxylation is 2. The predicted octanol–water partition coefficient (Wildman–Crippen LogP) is 1.16. The Hall–Kier alpha value is -2.42. The lowest BCUT2D eigenvalue weighted by Crippen LogP contribution is -2.29. The number of rotatable bonds is 7. The van der Waals surface area contributed by atoms with Gasteiger partial charge in [0.2, 0.25) is 5.91 Å². The number of nitro groups is 1. The van der Waals surface area contributed by atoms with Gasteiger partial charge in [0.05, 0.1) is 28.1 Å². The summed E-state index contributed by atoms with van der Waals surface area (Å²) in [4.78, 5) is 21.6. The van der Waals surface area contributed by atoms with Crippen molar-refractivity contribution in [2.24, 2.45) is 0 Å². The number of aromatic nitrogens is 4. The van der Waals surface area contributed by atoms with Gasteiger partial charge in [0.15, 0.2) is 0 Å². The second-order valence-electron chi connectivity index (χ2n) is 4.66. The summed E-state index contributed by atoms with van der Waals surface area (Å²) in [5.74, 6) is -0.536. The van der Waals surface area contributed by atoms with E-state index in [-0.39, 0.29) is 18.3 Å². The molecular formula is C12H15ClN6O3. The second-order valence-corrected chi connectivity index (χ2v) is 5.06. The standard InChI is InChI=1S/C12H15ClN6O3/c1-9-10(13)7-17(15-9)5-2-4-14-12(20)8-18-6-3-11(16-18)19(21)22/h3,6-7H,2,4-5,8H2,1H3,(H,14,20). The zero-order valence-corrected chi connectivity index (χ0v) is 12.7.